The van der Waals surface area contributed by atoms with E-state index in [4.69, 9.17) is 11.5 Å². The zero-order valence-corrected chi connectivity index (χ0v) is 15.7. The summed E-state index contributed by atoms with van der Waals surface area (Å²) in [4.78, 5) is 1.27. The highest BCUT2D eigenvalue weighted by atomic mass is 32.1. The number of nitrogen functional groups attached to an aromatic ring is 2. The highest BCUT2D eigenvalue weighted by molar-refractivity contribution is 7.13. The minimum absolute atomic E-state index is 0.0906. The number of aliphatic hydroxyl groups is 1. The Labute approximate surface area is 158 Å². The van der Waals surface area contributed by atoms with Gasteiger partial charge in [-0.1, -0.05) is 37.3 Å². The Morgan fingerprint density at radius 1 is 1.08 bits per heavy atom. The van der Waals surface area contributed by atoms with E-state index < -0.39 is 6.10 Å². The van der Waals surface area contributed by atoms with Crippen LogP contribution in [0.4, 0.5) is 11.4 Å². The Morgan fingerprint density at radius 3 is 2.54 bits per heavy atom. The molecule has 0 saturated carbocycles. The van der Waals surface area contributed by atoms with Crippen molar-refractivity contribution in [3.63, 3.8) is 0 Å². The predicted octanol–water partition coefficient (Wildman–Crippen LogP) is 3.83. The summed E-state index contributed by atoms with van der Waals surface area (Å²) in [6, 6.07) is 18.1. The van der Waals surface area contributed by atoms with Gasteiger partial charge in [0, 0.05) is 35.3 Å². The molecule has 0 radical (unpaired) electrons. The zero-order chi connectivity index (χ0) is 18.5. The zero-order valence-electron chi connectivity index (χ0n) is 14.9. The van der Waals surface area contributed by atoms with Crippen LogP contribution in [0.1, 0.15) is 24.0 Å². The fraction of sp³-hybridized carbons (Fsp3) is 0.238. The number of hydrogen-bond acceptors (Lipinski definition) is 5. The Bertz CT molecular complexity index is 831. The molecule has 0 spiro atoms. The summed E-state index contributed by atoms with van der Waals surface area (Å²) in [5, 5.41) is 15.9. The number of aliphatic hydroxyl groups excluding tert-OH is 1. The third-order valence-corrected chi connectivity index (χ3v) is 5.54. The van der Waals surface area contributed by atoms with Crippen molar-refractivity contribution in [3.05, 3.63) is 71.1 Å². The van der Waals surface area contributed by atoms with Crippen LogP contribution >= 0.6 is 11.3 Å². The van der Waals surface area contributed by atoms with Crippen LogP contribution in [0.25, 0.3) is 10.4 Å². The normalized spacial score (nSPS) is 13.5. The lowest BCUT2D eigenvalue weighted by atomic mass is 9.93. The number of benzene rings is 2. The number of thiophene rings is 1. The molecule has 0 aliphatic rings. The van der Waals surface area contributed by atoms with Crippen molar-refractivity contribution < 1.29 is 5.11 Å². The number of hydrogen-bond donors (Lipinski definition) is 4. The Hall–Kier alpha value is -2.34. The molecule has 1 aromatic heterocycles. The second kappa shape index (κ2) is 8.36. The molecule has 0 fully saturated rings. The monoisotopic (exact) mass is 367 g/mol. The molecule has 4 nitrogen and oxygen atoms in total. The van der Waals surface area contributed by atoms with E-state index in [0.717, 1.165) is 5.56 Å². The molecule has 0 aliphatic heterocycles. The van der Waals surface area contributed by atoms with Crippen LogP contribution in [0.5, 0.6) is 0 Å². The van der Waals surface area contributed by atoms with Gasteiger partial charge in [-0.2, -0.15) is 0 Å². The molecule has 136 valence electrons. The van der Waals surface area contributed by atoms with Crippen LogP contribution in [0, 0.1) is 0 Å². The Morgan fingerprint density at radius 2 is 1.85 bits per heavy atom. The summed E-state index contributed by atoms with van der Waals surface area (Å²) in [6.45, 7) is 3.16. The van der Waals surface area contributed by atoms with Crippen LogP contribution in [0.15, 0.2) is 60.0 Å². The smallest absolute Gasteiger partial charge is 0.0731 e. The summed E-state index contributed by atoms with van der Waals surface area (Å²) in [7, 11) is 0. The summed E-state index contributed by atoms with van der Waals surface area (Å²) < 4.78 is 0. The highest BCUT2D eigenvalue weighted by Crippen LogP contribution is 2.27. The molecule has 2 atom stereocenters. The molecule has 2 aromatic carbocycles. The van der Waals surface area contributed by atoms with Crippen LogP contribution in [0.2, 0.25) is 0 Å². The van der Waals surface area contributed by atoms with Crippen molar-refractivity contribution in [1.82, 2.24) is 5.32 Å². The second-order valence-electron chi connectivity index (χ2n) is 6.55. The van der Waals surface area contributed by atoms with Gasteiger partial charge in [0.25, 0.3) is 0 Å². The molecule has 0 unspecified atom stereocenters. The fourth-order valence-electron chi connectivity index (χ4n) is 2.97. The highest BCUT2D eigenvalue weighted by Gasteiger charge is 2.18. The van der Waals surface area contributed by atoms with Gasteiger partial charge in [-0.3, -0.25) is 0 Å². The van der Waals surface area contributed by atoms with Gasteiger partial charge in [0.05, 0.1) is 6.10 Å². The fourth-order valence-corrected chi connectivity index (χ4v) is 3.70. The lowest BCUT2D eigenvalue weighted by Crippen LogP contribution is -2.30. The van der Waals surface area contributed by atoms with Crippen molar-refractivity contribution in [1.29, 1.82) is 0 Å². The van der Waals surface area contributed by atoms with Gasteiger partial charge in [-0.25, -0.2) is 0 Å². The molecule has 1 heterocycles. The first-order chi connectivity index (χ1) is 12.5. The summed E-state index contributed by atoms with van der Waals surface area (Å²) in [5.41, 5.74) is 16.5. The molecule has 0 amide bonds. The maximum atomic E-state index is 10.5. The first kappa shape index (κ1) is 18.5. The van der Waals surface area contributed by atoms with Crippen LogP contribution < -0.4 is 16.8 Å². The van der Waals surface area contributed by atoms with E-state index in [1.807, 2.05) is 13.0 Å². The van der Waals surface area contributed by atoms with E-state index >= 15 is 0 Å². The van der Waals surface area contributed by atoms with Gasteiger partial charge in [-0.15, -0.1) is 11.3 Å². The molecular weight excluding hydrogens is 342 g/mol. The third kappa shape index (κ3) is 4.43. The first-order valence-electron chi connectivity index (χ1n) is 8.71. The van der Waals surface area contributed by atoms with Crippen molar-refractivity contribution >= 4 is 22.7 Å². The largest absolute Gasteiger partial charge is 0.399 e. The number of rotatable bonds is 7. The molecule has 5 heteroatoms. The topological polar surface area (TPSA) is 84.3 Å². The van der Waals surface area contributed by atoms with Gasteiger partial charge in [-0.05, 0) is 46.3 Å². The quantitative estimate of drug-likeness (QED) is 0.478. The number of nitrogens with two attached hydrogens (primary N) is 2. The van der Waals surface area contributed by atoms with E-state index in [-0.39, 0.29) is 5.92 Å². The number of anilines is 2. The molecule has 3 aromatic rings. The Kier molecular flexibility index (Phi) is 5.93. The van der Waals surface area contributed by atoms with E-state index in [2.05, 4.69) is 47.1 Å². The SMILES string of the molecule is C[C@@H](c1cc(N)ccc1N)[C@H](O)CNCc1ccc(-c2cccs2)cc1. The summed E-state index contributed by atoms with van der Waals surface area (Å²) in [5.74, 6) is -0.0906. The van der Waals surface area contributed by atoms with Gasteiger partial charge in [0.2, 0.25) is 0 Å². The number of nitrogens with one attached hydrogen (secondary N) is 1. The van der Waals surface area contributed by atoms with Gasteiger partial charge in [0.15, 0.2) is 0 Å². The van der Waals surface area contributed by atoms with E-state index in [0.29, 0.717) is 24.5 Å². The first-order valence-corrected chi connectivity index (χ1v) is 9.59. The lowest BCUT2D eigenvalue weighted by Gasteiger charge is -2.21. The summed E-state index contributed by atoms with van der Waals surface area (Å²) in [6.07, 6.45) is -0.538. The van der Waals surface area contributed by atoms with Gasteiger partial charge in [0.1, 0.15) is 0 Å². The van der Waals surface area contributed by atoms with Gasteiger partial charge < -0.3 is 21.9 Å². The van der Waals surface area contributed by atoms with E-state index in [1.165, 1.54) is 16.0 Å². The molecule has 0 saturated heterocycles. The molecule has 6 N–H and O–H groups in total. The third-order valence-electron chi connectivity index (χ3n) is 4.62. The van der Waals surface area contributed by atoms with Crippen LogP contribution in [0.3, 0.4) is 0 Å². The molecule has 0 aliphatic carbocycles. The van der Waals surface area contributed by atoms with Crippen molar-refractivity contribution in [2.75, 3.05) is 18.0 Å². The lowest BCUT2D eigenvalue weighted by molar-refractivity contribution is 0.147. The summed E-state index contributed by atoms with van der Waals surface area (Å²) >= 11 is 1.74. The average molecular weight is 368 g/mol. The van der Waals surface area contributed by atoms with Crippen molar-refractivity contribution in [2.24, 2.45) is 0 Å². The standard InChI is InChI=1S/C21H25N3OS/c1-14(18-11-17(22)8-9-19(18)23)20(25)13-24-12-15-4-6-16(7-5-15)21-3-2-10-26-21/h2-11,14,20,24-25H,12-13,22-23H2,1H3/t14-,20+/m0/s1. The maximum Gasteiger partial charge on any atom is 0.0731 e. The maximum absolute atomic E-state index is 10.5. The molecule has 26 heavy (non-hydrogen) atoms. The second-order valence-corrected chi connectivity index (χ2v) is 7.50. The van der Waals surface area contributed by atoms with Gasteiger partial charge >= 0.3 is 0 Å². The van der Waals surface area contributed by atoms with Crippen LogP contribution in [-0.4, -0.2) is 17.8 Å². The van der Waals surface area contributed by atoms with E-state index in [1.54, 1.807) is 23.5 Å². The van der Waals surface area contributed by atoms with Crippen molar-refractivity contribution in [3.8, 4) is 10.4 Å². The molecular formula is C21H25N3OS. The van der Waals surface area contributed by atoms with Crippen LogP contribution in [-0.2, 0) is 6.54 Å². The Balaban J connectivity index is 1.53. The molecule has 0 bridgehead atoms. The predicted molar refractivity (Wildman–Crippen MR) is 111 cm³/mol. The molecule has 3 rings (SSSR count). The minimum atomic E-state index is -0.538. The van der Waals surface area contributed by atoms with Crippen molar-refractivity contribution in [2.45, 2.75) is 25.5 Å². The minimum Gasteiger partial charge on any atom is -0.399 e. The van der Waals surface area contributed by atoms with E-state index in [9.17, 15) is 5.11 Å². The average Bonchev–Trinajstić information content (AvgIpc) is 3.18.